The van der Waals surface area contributed by atoms with Gasteiger partial charge in [0.15, 0.2) is 0 Å². The Balaban J connectivity index is 4.71. The topological polar surface area (TPSA) is 191 Å². The van der Waals surface area contributed by atoms with Crippen LogP contribution in [-0.4, -0.2) is 71.0 Å². The van der Waals surface area contributed by atoms with E-state index in [1.807, 2.05) is 6.92 Å². The van der Waals surface area contributed by atoms with Crippen LogP contribution in [-0.2, 0) is 43.0 Å². The third kappa shape index (κ3) is 29.0. The molecule has 0 aliphatic carbocycles. The molecule has 12 heteroatoms. The molecule has 48 heavy (non-hydrogen) atoms. The van der Waals surface area contributed by atoms with E-state index in [0.29, 0.717) is 44.9 Å². The molecule has 0 radical (unpaired) electrons. The molecular formula is C36H62O12. The molecule has 0 saturated carbocycles. The maximum Gasteiger partial charge on any atom is 0.305 e. The summed E-state index contributed by atoms with van der Waals surface area (Å²) in [6, 6.07) is 0. The SMILES string of the molecule is CCC(COC(=O)CCCCCCCCC(=O)O)(COC(=O)CCCCCCCCC(=O)O)COC(=O)CCCCCCCCC(=O)O. The summed E-state index contributed by atoms with van der Waals surface area (Å²) < 4.78 is 16.8. The summed E-state index contributed by atoms with van der Waals surface area (Å²) in [7, 11) is 0. The van der Waals surface area contributed by atoms with E-state index in [2.05, 4.69) is 0 Å². The number of carboxylic acids is 3. The summed E-state index contributed by atoms with van der Waals surface area (Å²) in [5.74, 6) is -3.49. The molecule has 0 unspecified atom stereocenters. The van der Waals surface area contributed by atoms with Crippen molar-refractivity contribution in [2.75, 3.05) is 19.8 Å². The van der Waals surface area contributed by atoms with Crippen molar-refractivity contribution < 1.29 is 58.3 Å². The Morgan fingerprint density at radius 3 is 0.792 bits per heavy atom. The van der Waals surface area contributed by atoms with E-state index in [4.69, 9.17) is 29.5 Å². The van der Waals surface area contributed by atoms with Crippen molar-refractivity contribution in [2.45, 2.75) is 167 Å². The highest BCUT2D eigenvalue weighted by molar-refractivity contribution is 5.70. The minimum Gasteiger partial charge on any atom is -0.481 e. The van der Waals surface area contributed by atoms with Gasteiger partial charge in [0.2, 0.25) is 0 Å². The number of ether oxygens (including phenoxy) is 3. The lowest BCUT2D eigenvalue weighted by atomic mass is 9.88. The molecule has 278 valence electrons. The van der Waals surface area contributed by atoms with E-state index < -0.39 is 23.3 Å². The fraction of sp³-hybridized carbons (Fsp3) is 0.833. The molecule has 3 N–H and O–H groups in total. The van der Waals surface area contributed by atoms with Crippen LogP contribution in [0.15, 0.2) is 0 Å². The number of aliphatic carboxylic acids is 3. The summed E-state index contributed by atoms with van der Waals surface area (Å²) in [4.78, 5) is 69.4. The number of hydrogen-bond acceptors (Lipinski definition) is 9. The molecule has 0 heterocycles. The molecular weight excluding hydrogens is 624 g/mol. The number of hydrogen-bond donors (Lipinski definition) is 3. The molecule has 0 amide bonds. The van der Waals surface area contributed by atoms with E-state index in [-0.39, 0.29) is 76.3 Å². The van der Waals surface area contributed by atoms with Crippen molar-refractivity contribution in [3.05, 3.63) is 0 Å². The molecule has 0 bridgehead atoms. The summed E-state index contributed by atoms with van der Waals surface area (Å²) in [6.45, 7) is 1.72. The Morgan fingerprint density at radius 1 is 0.375 bits per heavy atom. The van der Waals surface area contributed by atoms with Crippen molar-refractivity contribution in [1.29, 1.82) is 0 Å². The van der Waals surface area contributed by atoms with Gasteiger partial charge in [0.05, 0.1) is 5.41 Å². The van der Waals surface area contributed by atoms with Gasteiger partial charge in [0, 0.05) is 38.5 Å². The lowest BCUT2D eigenvalue weighted by molar-refractivity contribution is -0.162. The van der Waals surface area contributed by atoms with Crippen molar-refractivity contribution in [3.8, 4) is 0 Å². The lowest BCUT2D eigenvalue weighted by Gasteiger charge is -2.31. The van der Waals surface area contributed by atoms with Crippen LogP contribution in [0.25, 0.3) is 0 Å². The highest BCUT2D eigenvalue weighted by Gasteiger charge is 2.34. The number of esters is 3. The van der Waals surface area contributed by atoms with Crippen molar-refractivity contribution in [1.82, 2.24) is 0 Å². The Labute approximate surface area is 286 Å². The van der Waals surface area contributed by atoms with Crippen LogP contribution in [0.5, 0.6) is 0 Å². The molecule has 0 aromatic rings. The first-order valence-electron chi connectivity index (χ1n) is 18.1. The van der Waals surface area contributed by atoms with Crippen LogP contribution in [0.3, 0.4) is 0 Å². The Hall–Kier alpha value is -3.18. The highest BCUT2D eigenvalue weighted by Crippen LogP contribution is 2.26. The first kappa shape index (κ1) is 44.8. The lowest BCUT2D eigenvalue weighted by Crippen LogP contribution is -2.39. The van der Waals surface area contributed by atoms with Gasteiger partial charge in [-0.15, -0.1) is 0 Å². The first-order chi connectivity index (χ1) is 23.0. The fourth-order valence-electron chi connectivity index (χ4n) is 5.11. The minimum absolute atomic E-state index is 0.0508. The van der Waals surface area contributed by atoms with Crippen LogP contribution >= 0.6 is 0 Å². The van der Waals surface area contributed by atoms with E-state index in [1.165, 1.54) is 0 Å². The maximum atomic E-state index is 12.5. The predicted molar refractivity (Wildman–Crippen MR) is 179 cm³/mol. The standard InChI is InChI=1S/C36H62O12/c1-2-36(27-46-33(43)24-18-12-6-3-9-15-21-30(37)38,28-47-34(44)25-19-13-7-4-10-16-22-31(39)40)29-48-35(45)26-20-14-8-5-11-17-23-32(41)42/h2-29H2,1H3,(H,37,38)(H,39,40)(H,41,42). The Kier molecular flexibility index (Phi) is 27.9. The van der Waals surface area contributed by atoms with Crippen LogP contribution in [0, 0.1) is 5.41 Å². The molecule has 0 saturated heterocycles. The zero-order chi connectivity index (χ0) is 35.9. The molecule has 0 spiro atoms. The number of carbonyl (C=O) groups excluding carboxylic acids is 3. The van der Waals surface area contributed by atoms with Gasteiger partial charge in [0.25, 0.3) is 0 Å². The number of unbranched alkanes of at least 4 members (excludes halogenated alkanes) is 15. The molecule has 0 aliphatic heterocycles. The van der Waals surface area contributed by atoms with Gasteiger partial charge >= 0.3 is 35.8 Å². The summed E-state index contributed by atoms with van der Waals surface area (Å²) in [5, 5.41) is 26.1. The zero-order valence-corrected chi connectivity index (χ0v) is 29.3. The van der Waals surface area contributed by atoms with E-state index in [0.717, 1.165) is 77.0 Å². The van der Waals surface area contributed by atoms with Crippen molar-refractivity contribution >= 4 is 35.8 Å². The second kappa shape index (κ2) is 29.9. The normalized spacial score (nSPS) is 11.2. The van der Waals surface area contributed by atoms with Crippen LogP contribution in [0.2, 0.25) is 0 Å². The second-order valence-corrected chi connectivity index (χ2v) is 12.9. The number of carboxylic acid groups (broad SMARTS) is 3. The average molecular weight is 687 g/mol. The highest BCUT2D eigenvalue weighted by atomic mass is 16.6. The summed E-state index contributed by atoms with van der Waals surface area (Å²) in [5.41, 5.74) is -0.876. The molecule has 0 atom stereocenters. The van der Waals surface area contributed by atoms with Gasteiger partial charge < -0.3 is 29.5 Å². The third-order valence-corrected chi connectivity index (χ3v) is 8.43. The van der Waals surface area contributed by atoms with Gasteiger partial charge in [-0.25, -0.2) is 0 Å². The van der Waals surface area contributed by atoms with Gasteiger partial charge in [-0.3, -0.25) is 28.8 Å². The number of rotatable bonds is 34. The molecule has 0 aromatic carbocycles. The molecule has 0 fully saturated rings. The van der Waals surface area contributed by atoms with Crippen LogP contribution in [0.1, 0.15) is 167 Å². The van der Waals surface area contributed by atoms with E-state index in [1.54, 1.807) is 0 Å². The monoisotopic (exact) mass is 686 g/mol. The van der Waals surface area contributed by atoms with Gasteiger partial charge in [-0.1, -0.05) is 84.0 Å². The maximum absolute atomic E-state index is 12.5. The first-order valence-corrected chi connectivity index (χ1v) is 18.1. The molecule has 12 nitrogen and oxygen atoms in total. The van der Waals surface area contributed by atoms with Gasteiger partial charge in [-0.05, 0) is 44.9 Å². The van der Waals surface area contributed by atoms with Gasteiger partial charge in [-0.2, -0.15) is 0 Å². The molecule has 0 aliphatic rings. The van der Waals surface area contributed by atoms with Crippen LogP contribution < -0.4 is 0 Å². The summed E-state index contributed by atoms with van der Waals surface area (Å²) in [6.07, 6.45) is 16.1. The van der Waals surface area contributed by atoms with Crippen molar-refractivity contribution in [3.63, 3.8) is 0 Å². The largest absolute Gasteiger partial charge is 0.481 e. The second-order valence-electron chi connectivity index (χ2n) is 12.9. The van der Waals surface area contributed by atoms with E-state index in [9.17, 15) is 28.8 Å². The minimum atomic E-state index is -0.876. The van der Waals surface area contributed by atoms with Crippen molar-refractivity contribution in [2.24, 2.45) is 5.41 Å². The number of carbonyl (C=O) groups is 6. The van der Waals surface area contributed by atoms with Crippen LogP contribution in [0.4, 0.5) is 0 Å². The third-order valence-electron chi connectivity index (χ3n) is 8.43. The average Bonchev–Trinajstić information content (AvgIpc) is 3.04. The molecule has 0 aromatic heterocycles. The van der Waals surface area contributed by atoms with Gasteiger partial charge in [0.1, 0.15) is 19.8 Å². The summed E-state index contributed by atoms with van der Waals surface area (Å²) >= 11 is 0. The Bertz CT molecular complexity index is 805. The quantitative estimate of drug-likeness (QED) is 0.0341. The Morgan fingerprint density at radius 2 is 0.583 bits per heavy atom. The zero-order valence-electron chi connectivity index (χ0n) is 29.3. The smallest absolute Gasteiger partial charge is 0.305 e. The fourth-order valence-corrected chi connectivity index (χ4v) is 5.11. The molecule has 0 rings (SSSR count). The van der Waals surface area contributed by atoms with E-state index >= 15 is 0 Å². The predicted octanol–water partition coefficient (Wildman–Crippen LogP) is 7.63.